The molecule has 0 radical (unpaired) electrons. The molecular weight excluding hydrogens is 284 g/mol. The first-order valence-corrected chi connectivity index (χ1v) is 7.97. The van der Waals surface area contributed by atoms with Crippen LogP contribution in [0.1, 0.15) is 35.3 Å². The topological polar surface area (TPSA) is 33.2 Å². The third-order valence-electron chi connectivity index (χ3n) is 4.14. The van der Waals surface area contributed by atoms with E-state index in [4.69, 9.17) is 11.6 Å². The Kier molecular flexibility index (Phi) is 4.11. The second kappa shape index (κ2) is 6.02. The van der Waals surface area contributed by atoms with Crippen LogP contribution >= 0.6 is 11.6 Å². The molecule has 0 aliphatic carbocycles. The molecule has 1 atom stereocenters. The van der Waals surface area contributed by atoms with Crippen LogP contribution < -0.4 is 0 Å². The van der Waals surface area contributed by atoms with Crippen LogP contribution in [0.2, 0.25) is 0 Å². The van der Waals surface area contributed by atoms with Crippen LogP contribution in [-0.4, -0.2) is 34.3 Å². The highest BCUT2D eigenvalue weighted by molar-refractivity contribution is 6.18. The molecule has 1 aromatic carbocycles. The van der Waals surface area contributed by atoms with Crippen molar-refractivity contribution in [1.82, 2.24) is 9.88 Å². The summed E-state index contributed by atoms with van der Waals surface area (Å²) in [5, 5.41) is 0.923. The van der Waals surface area contributed by atoms with E-state index >= 15 is 0 Å². The number of aryl methyl sites for hydroxylation is 1. The highest BCUT2D eigenvalue weighted by atomic mass is 35.5. The average Bonchev–Trinajstić information content (AvgIpc) is 2.53. The molecule has 3 rings (SSSR count). The molecule has 3 nitrogen and oxygen atoms in total. The van der Waals surface area contributed by atoms with E-state index in [2.05, 4.69) is 4.98 Å². The first-order chi connectivity index (χ1) is 10.2. The van der Waals surface area contributed by atoms with Crippen LogP contribution in [0.25, 0.3) is 10.9 Å². The highest BCUT2D eigenvalue weighted by Crippen LogP contribution is 2.24. The summed E-state index contributed by atoms with van der Waals surface area (Å²) in [6, 6.07) is 9.87. The summed E-state index contributed by atoms with van der Waals surface area (Å²) in [5.74, 6) is 0.593. The molecule has 1 saturated heterocycles. The SMILES string of the molecule is Cc1cc(C(=O)N2CCCCC2CCl)c2ccccc2n1. The molecule has 2 heterocycles. The van der Waals surface area contributed by atoms with Crippen molar-refractivity contribution in [2.45, 2.75) is 32.2 Å². The van der Waals surface area contributed by atoms with Crippen LogP contribution in [0, 0.1) is 6.92 Å². The molecule has 1 fully saturated rings. The van der Waals surface area contributed by atoms with E-state index < -0.39 is 0 Å². The van der Waals surface area contributed by atoms with Gasteiger partial charge in [-0.3, -0.25) is 9.78 Å². The van der Waals surface area contributed by atoms with Gasteiger partial charge in [0.2, 0.25) is 0 Å². The van der Waals surface area contributed by atoms with Crippen molar-refractivity contribution in [3.8, 4) is 0 Å². The Hall–Kier alpha value is -1.61. The summed E-state index contributed by atoms with van der Waals surface area (Å²) < 4.78 is 0. The maximum atomic E-state index is 13.0. The number of amides is 1. The third kappa shape index (κ3) is 2.75. The number of carbonyl (C=O) groups is 1. The molecule has 1 amide bonds. The van der Waals surface area contributed by atoms with Crippen LogP contribution in [-0.2, 0) is 0 Å². The number of hydrogen-bond donors (Lipinski definition) is 0. The summed E-state index contributed by atoms with van der Waals surface area (Å²) in [4.78, 5) is 19.4. The number of rotatable bonds is 2. The lowest BCUT2D eigenvalue weighted by molar-refractivity contribution is 0.0641. The fraction of sp³-hybridized carbons (Fsp3) is 0.412. The van der Waals surface area contributed by atoms with Gasteiger partial charge in [-0.1, -0.05) is 18.2 Å². The molecule has 110 valence electrons. The molecule has 1 aliphatic rings. The molecule has 0 saturated carbocycles. The number of benzene rings is 1. The molecule has 4 heteroatoms. The summed E-state index contributed by atoms with van der Waals surface area (Å²) in [5.41, 5.74) is 2.49. The summed E-state index contributed by atoms with van der Waals surface area (Å²) in [6.07, 6.45) is 3.20. The third-order valence-corrected chi connectivity index (χ3v) is 4.50. The fourth-order valence-electron chi connectivity index (χ4n) is 3.07. The second-order valence-electron chi connectivity index (χ2n) is 5.63. The van der Waals surface area contributed by atoms with Gasteiger partial charge in [-0.2, -0.15) is 0 Å². The van der Waals surface area contributed by atoms with E-state index in [0.717, 1.165) is 48.0 Å². The van der Waals surface area contributed by atoms with Gasteiger partial charge in [0.25, 0.3) is 5.91 Å². The minimum Gasteiger partial charge on any atom is -0.334 e. The number of hydrogen-bond acceptors (Lipinski definition) is 2. The van der Waals surface area contributed by atoms with Gasteiger partial charge in [-0.25, -0.2) is 0 Å². The largest absolute Gasteiger partial charge is 0.334 e. The van der Waals surface area contributed by atoms with Gasteiger partial charge in [-0.15, -0.1) is 11.6 Å². The first-order valence-electron chi connectivity index (χ1n) is 7.44. The number of alkyl halides is 1. The number of piperidine rings is 1. The lowest BCUT2D eigenvalue weighted by Gasteiger charge is -2.35. The molecule has 2 aromatic rings. The predicted octanol–water partition coefficient (Wildman–Crippen LogP) is 3.78. The lowest BCUT2D eigenvalue weighted by Crippen LogP contribution is -2.44. The maximum Gasteiger partial charge on any atom is 0.254 e. The molecule has 21 heavy (non-hydrogen) atoms. The molecule has 0 N–H and O–H groups in total. The van der Waals surface area contributed by atoms with Gasteiger partial charge in [-0.05, 0) is 38.3 Å². The minimum atomic E-state index is 0.0852. The van der Waals surface area contributed by atoms with Crippen LogP contribution in [0.4, 0.5) is 0 Å². The van der Waals surface area contributed by atoms with Crippen molar-refractivity contribution in [3.05, 3.63) is 41.6 Å². The molecule has 1 aromatic heterocycles. The smallest absolute Gasteiger partial charge is 0.254 e. The predicted molar refractivity (Wildman–Crippen MR) is 85.9 cm³/mol. The maximum absolute atomic E-state index is 13.0. The van der Waals surface area contributed by atoms with Gasteiger partial charge >= 0.3 is 0 Å². The Balaban J connectivity index is 2.04. The summed E-state index contributed by atoms with van der Waals surface area (Å²) >= 11 is 6.05. The molecule has 1 unspecified atom stereocenters. The van der Waals surface area contributed by atoms with Crippen molar-refractivity contribution in [2.24, 2.45) is 0 Å². The van der Waals surface area contributed by atoms with Gasteiger partial charge in [0.1, 0.15) is 0 Å². The Bertz CT molecular complexity index is 671. The molecular formula is C17H19ClN2O. The zero-order valence-electron chi connectivity index (χ0n) is 12.2. The van der Waals surface area contributed by atoms with E-state index in [-0.39, 0.29) is 11.9 Å². The number of fused-ring (bicyclic) bond motifs is 1. The number of carbonyl (C=O) groups excluding carboxylic acids is 1. The quantitative estimate of drug-likeness (QED) is 0.791. The standard InChI is InChI=1S/C17H19ClN2O/c1-12-10-15(14-7-2-3-8-16(14)19-12)17(21)20-9-5-4-6-13(20)11-18/h2-3,7-8,10,13H,4-6,9,11H2,1H3. The molecule has 0 bridgehead atoms. The van der Waals surface area contributed by atoms with Crippen molar-refractivity contribution in [1.29, 1.82) is 0 Å². The van der Waals surface area contributed by atoms with Gasteiger partial charge < -0.3 is 4.90 Å². The van der Waals surface area contributed by atoms with Crippen molar-refractivity contribution in [3.63, 3.8) is 0 Å². The molecule has 0 spiro atoms. The van der Waals surface area contributed by atoms with E-state index in [1.165, 1.54) is 0 Å². The Labute approximate surface area is 129 Å². The van der Waals surface area contributed by atoms with Gasteiger partial charge in [0, 0.05) is 29.5 Å². The van der Waals surface area contributed by atoms with Gasteiger partial charge in [0.15, 0.2) is 0 Å². The number of aromatic nitrogens is 1. The first kappa shape index (κ1) is 14.3. The summed E-state index contributed by atoms with van der Waals surface area (Å²) in [6.45, 7) is 2.73. The van der Waals surface area contributed by atoms with E-state index in [1.807, 2.05) is 42.2 Å². The lowest BCUT2D eigenvalue weighted by atomic mass is 10.0. The fourth-order valence-corrected chi connectivity index (χ4v) is 3.39. The summed E-state index contributed by atoms with van der Waals surface area (Å²) in [7, 11) is 0. The number of nitrogens with zero attached hydrogens (tertiary/aromatic N) is 2. The van der Waals surface area contributed by atoms with Crippen LogP contribution in [0.15, 0.2) is 30.3 Å². The number of para-hydroxylation sites is 1. The number of halogens is 1. The van der Waals surface area contributed by atoms with Crippen molar-refractivity contribution >= 4 is 28.4 Å². The Morgan fingerprint density at radius 1 is 1.38 bits per heavy atom. The average molecular weight is 303 g/mol. The zero-order chi connectivity index (χ0) is 14.8. The molecule has 1 aliphatic heterocycles. The highest BCUT2D eigenvalue weighted by Gasteiger charge is 2.27. The second-order valence-corrected chi connectivity index (χ2v) is 5.94. The Morgan fingerprint density at radius 3 is 3.00 bits per heavy atom. The van der Waals surface area contributed by atoms with Crippen molar-refractivity contribution < 1.29 is 4.79 Å². The number of pyridine rings is 1. The van der Waals surface area contributed by atoms with Crippen molar-refractivity contribution in [2.75, 3.05) is 12.4 Å². The van der Waals surface area contributed by atoms with Crippen LogP contribution in [0.5, 0.6) is 0 Å². The Morgan fingerprint density at radius 2 is 2.19 bits per heavy atom. The van der Waals surface area contributed by atoms with E-state index in [0.29, 0.717) is 5.88 Å². The minimum absolute atomic E-state index is 0.0852. The van der Waals surface area contributed by atoms with Crippen LogP contribution in [0.3, 0.4) is 0 Å². The van der Waals surface area contributed by atoms with Gasteiger partial charge in [0.05, 0.1) is 11.1 Å². The van der Waals surface area contributed by atoms with E-state index in [1.54, 1.807) is 0 Å². The van der Waals surface area contributed by atoms with E-state index in [9.17, 15) is 4.79 Å². The zero-order valence-corrected chi connectivity index (χ0v) is 12.9. The number of likely N-dealkylation sites (tertiary alicyclic amines) is 1. The normalized spacial score (nSPS) is 19.0. The monoisotopic (exact) mass is 302 g/mol.